The van der Waals surface area contributed by atoms with Gasteiger partial charge in [0, 0.05) is 13.1 Å². The molecule has 1 heterocycles. The Morgan fingerprint density at radius 3 is 2.00 bits per heavy atom. The van der Waals surface area contributed by atoms with Gasteiger partial charge in [0.25, 0.3) is 0 Å². The molecule has 66 valence electrons. The lowest BCUT2D eigenvalue weighted by Gasteiger charge is -2.55. The van der Waals surface area contributed by atoms with E-state index in [0.717, 1.165) is 0 Å². The molecule has 0 bridgehead atoms. The lowest BCUT2D eigenvalue weighted by molar-refractivity contribution is -0.0627. The zero-order valence-corrected chi connectivity index (χ0v) is 8.57. The molecule has 0 aromatic heterocycles. The third-order valence-corrected chi connectivity index (χ3v) is 3.40. The van der Waals surface area contributed by atoms with E-state index in [9.17, 15) is 0 Å². The van der Waals surface area contributed by atoms with E-state index in [1.807, 2.05) is 0 Å². The average molecular weight is 155 g/mol. The van der Waals surface area contributed by atoms with Crippen molar-refractivity contribution in [3.05, 3.63) is 0 Å². The number of rotatable bonds is 1. The van der Waals surface area contributed by atoms with Crippen LogP contribution in [-0.2, 0) is 0 Å². The molecule has 0 atom stereocenters. The molecule has 0 spiro atoms. The van der Waals surface area contributed by atoms with E-state index in [0.29, 0.717) is 10.8 Å². The standard InChI is InChI=1S/C10H21N/c1-6-11-7-10(5,8-11)9(2,3)4/h6-8H2,1-5H3. The zero-order valence-electron chi connectivity index (χ0n) is 8.57. The van der Waals surface area contributed by atoms with Gasteiger partial charge in [0.15, 0.2) is 0 Å². The van der Waals surface area contributed by atoms with E-state index in [4.69, 9.17) is 0 Å². The van der Waals surface area contributed by atoms with E-state index < -0.39 is 0 Å². The summed E-state index contributed by atoms with van der Waals surface area (Å²) in [6.45, 7) is 15.5. The molecule has 0 radical (unpaired) electrons. The highest BCUT2D eigenvalue weighted by molar-refractivity contribution is 4.98. The Hall–Kier alpha value is -0.0400. The van der Waals surface area contributed by atoms with Crippen molar-refractivity contribution < 1.29 is 0 Å². The zero-order chi connectivity index (χ0) is 8.70. The molecule has 1 rings (SSSR count). The summed E-state index contributed by atoms with van der Waals surface area (Å²) < 4.78 is 0. The van der Waals surface area contributed by atoms with E-state index in [1.54, 1.807) is 0 Å². The number of hydrogen-bond acceptors (Lipinski definition) is 1. The molecule has 0 saturated carbocycles. The molecule has 11 heavy (non-hydrogen) atoms. The maximum Gasteiger partial charge on any atom is 0.00527 e. The van der Waals surface area contributed by atoms with E-state index in [-0.39, 0.29) is 0 Å². The third kappa shape index (κ3) is 1.44. The van der Waals surface area contributed by atoms with Crippen molar-refractivity contribution in [1.29, 1.82) is 0 Å². The van der Waals surface area contributed by atoms with Crippen molar-refractivity contribution in [2.24, 2.45) is 10.8 Å². The normalized spacial score (nSPS) is 24.8. The lowest BCUT2D eigenvalue weighted by Crippen LogP contribution is -2.60. The molecule has 0 aromatic carbocycles. The summed E-state index contributed by atoms with van der Waals surface area (Å²) in [5.41, 5.74) is 1.03. The second-order valence-electron chi connectivity index (χ2n) is 5.11. The largest absolute Gasteiger partial charge is 0.302 e. The van der Waals surface area contributed by atoms with Gasteiger partial charge in [0.1, 0.15) is 0 Å². The summed E-state index contributed by atoms with van der Waals surface area (Å²) in [5, 5.41) is 0. The first-order chi connectivity index (χ1) is 4.89. The van der Waals surface area contributed by atoms with E-state index in [2.05, 4.69) is 39.5 Å². The van der Waals surface area contributed by atoms with E-state index in [1.165, 1.54) is 19.6 Å². The Balaban J connectivity index is 2.49. The van der Waals surface area contributed by atoms with Gasteiger partial charge in [-0.1, -0.05) is 34.6 Å². The van der Waals surface area contributed by atoms with Gasteiger partial charge in [0.05, 0.1) is 0 Å². The summed E-state index contributed by atoms with van der Waals surface area (Å²) in [7, 11) is 0. The molecule has 1 aliphatic rings. The highest BCUT2D eigenvalue weighted by Gasteiger charge is 2.46. The van der Waals surface area contributed by atoms with Crippen LogP contribution in [0.2, 0.25) is 0 Å². The Labute approximate surface area is 70.8 Å². The fourth-order valence-electron chi connectivity index (χ4n) is 1.64. The fourth-order valence-corrected chi connectivity index (χ4v) is 1.64. The summed E-state index contributed by atoms with van der Waals surface area (Å²) in [4.78, 5) is 2.51. The Kier molecular flexibility index (Phi) is 2.04. The summed E-state index contributed by atoms with van der Waals surface area (Å²) in [5.74, 6) is 0. The van der Waals surface area contributed by atoms with Gasteiger partial charge < -0.3 is 4.90 Å². The second kappa shape index (κ2) is 2.48. The number of nitrogens with zero attached hydrogens (tertiary/aromatic N) is 1. The predicted octanol–water partition coefficient (Wildman–Crippen LogP) is 2.37. The van der Waals surface area contributed by atoms with Crippen molar-refractivity contribution in [3.63, 3.8) is 0 Å². The van der Waals surface area contributed by atoms with Crippen LogP contribution in [0.5, 0.6) is 0 Å². The van der Waals surface area contributed by atoms with Crippen molar-refractivity contribution in [2.75, 3.05) is 19.6 Å². The van der Waals surface area contributed by atoms with Gasteiger partial charge in [-0.15, -0.1) is 0 Å². The summed E-state index contributed by atoms with van der Waals surface area (Å²) >= 11 is 0. The molecule has 0 N–H and O–H groups in total. The first-order valence-electron chi connectivity index (χ1n) is 4.61. The Bertz CT molecular complexity index is 137. The molecule has 1 saturated heterocycles. The smallest absolute Gasteiger partial charge is 0.00527 e. The van der Waals surface area contributed by atoms with Gasteiger partial charge in [-0.2, -0.15) is 0 Å². The average Bonchev–Trinajstić information content (AvgIpc) is 1.78. The summed E-state index contributed by atoms with van der Waals surface area (Å²) in [6.07, 6.45) is 0. The quantitative estimate of drug-likeness (QED) is 0.562. The molecule has 1 nitrogen and oxygen atoms in total. The van der Waals surface area contributed by atoms with Crippen molar-refractivity contribution in [3.8, 4) is 0 Å². The molecular weight excluding hydrogens is 134 g/mol. The second-order valence-corrected chi connectivity index (χ2v) is 5.11. The number of hydrogen-bond donors (Lipinski definition) is 0. The minimum absolute atomic E-state index is 0.471. The SMILES string of the molecule is CCN1CC(C)(C(C)(C)C)C1. The van der Waals surface area contributed by atoms with Crippen LogP contribution in [0, 0.1) is 10.8 Å². The van der Waals surface area contributed by atoms with Crippen LogP contribution in [0.25, 0.3) is 0 Å². The topological polar surface area (TPSA) is 3.24 Å². The third-order valence-electron chi connectivity index (χ3n) is 3.40. The lowest BCUT2D eigenvalue weighted by atomic mass is 9.63. The first-order valence-corrected chi connectivity index (χ1v) is 4.61. The maximum atomic E-state index is 2.51. The Morgan fingerprint density at radius 1 is 1.27 bits per heavy atom. The molecule has 0 amide bonds. The van der Waals surface area contributed by atoms with Crippen molar-refractivity contribution >= 4 is 0 Å². The van der Waals surface area contributed by atoms with Crippen molar-refractivity contribution in [1.82, 2.24) is 4.90 Å². The van der Waals surface area contributed by atoms with Crippen LogP contribution in [0.15, 0.2) is 0 Å². The molecule has 1 heteroatoms. The molecule has 1 aliphatic heterocycles. The fraction of sp³-hybridized carbons (Fsp3) is 1.00. The maximum absolute atomic E-state index is 2.51. The van der Waals surface area contributed by atoms with Gasteiger partial charge in [-0.05, 0) is 17.4 Å². The highest BCUT2D eigenvalue weighted by atomic mass is 15.2. The van der Waals surface area contributed by atoms with Crippen LogP contribution in [0.4, 0.5) is 0 Å². The number of likely N-dealkylation sites (tertiary alicyclic amines) is 1. The summed E-state index contributed by atoms with van der Waals surface area (Å²) in [6, 6.07) is 0. The highest BCUT2D eigenvalue weighted by Crippen LogP contribution is 2.45. The first kappa shape index (κ1) is 9.05. The van der Waals surface area contributed by atoms with Gasteiger partial charge >= 0.3 is 0 Å². The van der Waals surface area contributed by atoms with E-state index >= 15 is 0 Å². The van der Waals surface area contributed by atoms with Gasteiger partial charge in [-0.3, -0.25) is 0 Å². The predicted molar refractivity (Wildman–Crippen MR) is 49.7 cm³/mol. The van der Waals surface area contributed by atoms with Crippen LogP contribution in [0.3, 0.4) is 0 Å². The van der Waals surface area contributed by atoms with Crippen LogP contribution in [0.1, 0.15) is 34.6 Å². The molecule has 0 aliphatic carbocycles. The molecule has 0 aromatic rings. The molecular formula is C10H21N. The van der Waals surface area contributed by atoms with Gasteiger partial charge in [0.2, 0.25) is 0 Å². The van der Waals surface area contributed by atoms with Crippen LogP contribution in [-0.4, -0.2) is 24.5 Å². The molecule has 0 unspecified atom stereocenters. The van der Waals surface area contributed by atoms with Crippen LogP contribution < -0.4 is 0 Å². The monoisotopic (exact) mass is 155 g/mol. The molecule has 1 fully saturated rings. The van der Waals surface area contributed by atoms with Crippen molar-refractivity contribution in [2.45, 2.75) is 34.6 Å². The minimum Gasteiger partial charge on any atom is -0.302 e. The van der Waals surface area contributed by atoms with Gasteiger partial charge in [-0.25, -0.2) is 0 Å². The minimum atomic E-state index is 0.471. The van der Waals surface area contributed by atoms with Crippen LogP contribution >= 0.6 is 0 Å². The Morgan fingerprint density at radius 2 is 1.73 bits per heavy atom.